The number of benzene rings is 3. The molecule has 41 heavy (non-hydrogen) atoms. The van der Waals surface area contributed by atoms with Gasteiger partial charge in [-0.3, -0.25) is 4.79 Å². The summed E-state index contributed by atoms with van der Waals surface area (Å²) >= 11 is 0. The predicted molar refractivity (Wildman–Crippen MR) is 157 cm³/mol. The van der Waals surface area contributed by atoms with Crippen LogP contribution in [0.1, 0.15) is 35.3 Å². The summed E-state index contributed by atoms with van der Waals surface area (Å²) in [4.78, 5) is 17.2. The molecule has 3 aromatic carbocycles. The summed E-state index contributed by atoms with van der Waals surface area (Å²) in [5, 5.41) is 27.0. The Kier molecular flexibility index (Phi) is 9.31. The lowest BCUT2D eigenvalue weighted by molar-refractivity contribution is 0.0743. The van der Waals surface area contributed by atoms with Crippen molar-refractivity contribution in [1.29, 1.82) is 0 Å². The zero-order valence-corrected chi connectivity index (χ0v) is 24.4. The van der Waals surface area contributed by atoms with Crippen molar-refractivity contribution in [3.63, 3.8) is 0 Å². The number of sulfonamides is 1. The molecule has 1 aromatic heterocycles. The van der Waals surface area contributed by atoms with Crippen molar-refractivity contribution in [1.82, 2.24) is 14.6 Å². The number of aromatic hydroxyl groups is 1. The zero-order chi connectivity index (χ0) is 29.7. The Morgan fingerprint density at radius 3 is 2.49 bits per heavy atom. The molecule has 0 aliphatic heterocycles. The maximum atomic E-state index is 14.2. The molecule has 0 fully saturated rings. The van der Waals surface area contributed by atoms with Gasteiger partial charge in [-0.1, -0.05) is 50.2 Å². The zero-order valence-electron chi connectivity index (χ0n) is 23.5. The van der Waals surface area contributed by atoms with Gasteiger partial charge in [-0.25, -0.2) is 8.42 Å². The number of rotatable bonds is 12. The van der Waals surface area contributed by atoms with Crippen LogP contribution in [0.4, 0.5) is 6.01 Å². The van der Waals surface area contributed by atoms with Gasteiger partial charge in [-0.2, -0.15) is 9.29 Å². The van der Waals surface area contributed by atoms with Gasteiger partial charge in [0.1, 0.15) is 11.3 Å². The summed E-state index contributed by atoms with van der Waals surface area (Å²) in [7, 11) is -2.48. The average molecular weight is 581 g/mol. The number of aliphatic hydroxyl groups is 1. The highest BCUT2D eigenvalue weighted by Gasteiger charge is 2.37. The van der Waals surface area contributed by atoms with Gasteiger partial charge >= 0.3 is 0 Å². The highest BCUT2D eigenvalue weighted by atomic mass is 32.2. The van der Waals surface area contributed by atoms with Crippen molar-refractivity contribution in [3.8, 4) is 5.75 Å². The Morgan fingerprint density at radius 2 is 1.80 bits per heavy atom. The van der Waals surface area contributed by atoms with E-state index in [2.05, 4.69) is 15.6 Å². The van der Waals surface area contributed by atoms with E-state index in [1.54, 1.807) is 32.2 Å². The number of fused-ring (bicyclic) bond motifs is 1. The van der Waals surface area contributed by atoms with Gasteiger partial charge in [0.05, 0.1) is 17.0 Å². The lowest BCUT2D eigenvalue weighted by Crippen LogP contribution is -2.52. The molecule has 1 heterocycles. The topological polar surface area (TPSA) is 145 Å². The van der Waals surface area contributed by atoms with Crippen LogP contribution in [0.3, 0.4) is 0 Å². The van der Waals surface area contributed by atoms with E-state index >= 15 is 0 Å². The first-order valence-electron chi connectivity index (χ1n) is 13.4. The highest BCUT2D eigenvalue weighted by Crippen LogP contribution is 2.28. The third kappa shape index (κ3) is 6.87. The number of nitrogens with one attached hydrogen (secondary N) is 2. The fraction of sp³-hybridized carbons (Fsp3) is 0.333. The predicted octanol–water partition coefficient (Wildman–Crippen LogP) is 3.93. The van der Waals surface area contributed by atoms with Crippen molar-refractivity contribution in [2.45, 2.75) is 44.2 Å². The minimum Gasteiger partial charge on any atom is -0.508 e. The van der Waals surface area contributed by atoms with Gasteiger partial charge in [-0.15, -0.1) is 0 Å². The molecule has 2 unspecified atom stereocenters. The van der Waals surface area contributed by atoms with Crippen LogP contribution in [0.5, 0.6) is 5.75 Å². The highest BCUT2D eigenvalue weighted by molar-refractivity contribution is 7.89. The molecule has 0 saturated carbocycles. The molecule has 2 atom stereocenters. The number of amides is 1. The van der Waals surface area contributed by atoms with Crippen LogP contribution in [0, 0.1) is 12.8 Å². The minimum atomic E-state index is -4.13. The molecule has 0 saturated heterocycles. The monoisotopic (exact) mass is 580 g/mol. The summed E-state index contributed by atoms with van der Waals surface area (Å²) in [6, 6.07) is 17.8. The Labute approximate surface area is 240 Å². The maximum Gasteiger partial charge on any atom is 0.295 e. The van der Waals surface area contributed by atoms with E-state index < -0.39 is 28.1 Å². The van der Waals surface area contributed by atoms with Crippen LogP contribution in [0.15, 0.2) is 76.0 Å². The standard InChI is InChI=1S/C30H36N4O6S/c1-19(2)18-34(41(38,39)22-13-14-24-28(16-22)40-30(31-4)33-24)25(15-21-9-6-5-7-10-21)27(36)17-32-29(37)23-11-8-12-26(35)20(23)3/h5-14,16,19,25,27,35-36H,15,17-18H2,1-4H3,(H,31,33)(H,32,37). The summed E-state index contributed by atoms with van der Waals surface area (Å²) in [5.74, 6) is -0.560. The largest absolute Gasteiger partial charge is 0.508 e. The van der Waals surface area contributed by atoms with Crippen LogP contribution < -0.4 is 10.6 Å². The average Bonchev–Trinajstić information content (AvgIpc) is 3.38. The Morgan fingerprint density at radius 1 is 1.07 bits per heavy atom. The van der Waals surface area contributed by atoms with Gasteiger partial charge in [0.2, 0.25) is 10.0 Å². The first kappa shape index (κ1) is 30.0. The summed E-state index contributed by atoms with van der Waals surface area (Å²) in [5.41, 5.74) is 2.33. The van der Waals surface area contributed by atoms with E-state index in [1.165, 1.54) is 22.5 Å². The lowest BCUT2D eigenvalue weighted by atomic mass is 10.00. The van der Waals surface area contributed by atoms with Crippen LogP contribution in [0.25, 0.3) is 11.1 Å². The van der Waals surface area contributed by atoms with Gasteiger partial charge < -0.3 is 25.3 Å². The molecule has 0 aliphatic carbocycles. The second-order valence-electron chi connectivity index (χ2n) is 10.4. The first-order chi connectivity index (χ1) is 19.5. The van der Waals surface area contributed by atoms with E-state index in [1.807, 2.05) is 44.2 Å². The molecule has 4 N–H and O–H groups in total. The molecule has 0 aliphatic rings. The Bertz CT molecular complexity index is 1600. The number of hydrogen-bond acceptors (Lipinski definition) is 8. The van der Waals surface area contributed by atoms with Gasteiger partial charge in [-0.05, 0) is 49.1 Å². The summed E-state index contributed by atoms with van der Waals surface area (Å²) in [6.07, 6.45) is -1.04. The number of carbonyl (C=O) groups is 1. The van der Waals surface area contributed by atoms with Crippen molar-refractivity contribution in [3.05, 3.63) is 83.4 Å². The molecule has 11 heteroatoms. The van der Waals surface area contributed by atoms with Crippen molar-refractivity contribution in [2.24, 2.45) is 5.92 Å². The van der Waals surface area contributed by atoms with Crippen LogP contribution in [-0.2, 0) is 16.4 Å². The van der Waals surface area contributed by atoms with Crippen molar-refractivity contribution >= 4 is 33.0 Å². The van der Waals surface area contributed by atoms with Gasteiger partial charge in [0.15, 0.2) is 5.58 Å². The van der Waals surface area contributed by atoms with E-state index in [4.69, 9.17) is 4.42 Å². The van der Waals surface area contributed by atoms with Gasteiger partial charge in [0, 0.05) is 37.3 Å². The first-order valence-corrected chi connectivity index (χ1v) is 14.8. The molecule has 4 rings (SSSR count). The molecule has 0 spiro atoms. The van der Waals surface area contributed by atoms with E-state index in [0.29, 0.717) is 16.7 Å². The third-order valence-electron chi connectivity index (χ3n) is 6.85. The molecule has 0 radical (unpaired) electrons. The van der Waals surface area contributed by atoms with Crippen molar-refractivity contribution in [2.75, 3.05) is 25.5 Å². The van der Waals surface area contributed by atoms with Crippen LogP contribution in [0.2, 0.25) is 0 Å². The number of nitrogens with zero attached hydrogens (tertiary/aromatic N) is 2. The Balaban J connectivity index is 1.69. The number of anilines is 1. The third-order valence-corrected chi connectivity index (χ3v) is 8.74. The summed E-state index contributed by atoms with van der Waals surface area (Å²) in [6.45, 7) is 5.36. The number of hydrogen-bond donors (Lipinski definition) is 4. The molecule has 10 nitrogen and oxygen atoms in total. The molecular formula is C30H36N4O6S. The van der Waals surface area contributed by atoms with Gasteiger partial charge in [0.25, 0.3) is 11.9 Å². The molecule has 218 valence electrons. The maximum absolute atomic E-state index is 14.2. The van der Waals surface area contributed by atoms with E-state index in [-0.39, 0.29) is 47.7 Å². The van der Waals surface area contributed by atoms with E-state index in [0.717, 1.165) is 5.56 Å². The van der Waals surface area contributed by atoms with E-state index in [9.17, 15) is 23.4 Å². The fourth-order valence-electron chi connectivity index (χ4n) is 4.66. The second kappa shape index (κ2) is 12.7. The number of phenols is 1. The second-order valence-corrected chi connectivity index (χ2v) is 12.2. The number of aromatic nitrogens is 1. The number of aliphatic hydroxyl groups excluding tert-OH is 1. The fourth-order valence-corrected chi connectivity index (χ4v) is 6.50. The number of phenolic OH excluding ortho intramolecular Hbond substituents is 1. The van der Waals surface area contributed by atoms with Crippen molar-refractivity contribution < 1.29 is 27.8 Å². The van der Waals surface area contributed by atoms with Crippen LogP contribution >= 0.6 is 0 Å². The lowest BCUT2D eigenvalue weighted by Gasteiger charge is -2.35. The molecule has 1 amide bonds. The Hall–Kier alpha value is -3.93. The SMILES string of the molecule is CNc1nc2ccc(S(=O)(=O)N(CC(C)C)C(Cc3ccccc3)C(O)CNC(=O)c3cccc(O)c3C)cc2o1. The minimum absolute atomic E-state index is 0.00846. The molecular weight excluding hydrogens is 544 g/mol. The van der Waals surface area contributed by atoms with Crippen LogP contribution in [-0.4, -0.2) is 66.1 Å². The normalized spacial score (nSPS) is 13.4. The number of carbonyl (C=O) groups excluding carboxylic acids is 1. The smallest absolute Gasteiger partial charge is 0.295 e. The summed E-state index contributed by atoms with van der Waals surface area (Å²) < 4.78 is 35.3. The quantitative estimate of drug-likeness (QED) is 0.197. The molecule has 4 aromatic rings. The molecule has 0 bridgehead atoms. The number of oxazole rings is 1.